The zero-order chi connectivity index (χ0) is 23.5. The van der Waals surface area contributed by atoms with Crippen LogP contribution in [-0.4, -0.2) is 29.3 Å². The molecular formula is C28H54N3O+. The lowest BCUT2D eigenvalue weighted by atomic mass is 10.1. The second-order valence-corrected chi connectivity index (χ2v) is 9.77. The van der Waals surface area contributed by atoms with Gasteiger partial charge in [-0.1, -0.05) is 83.3 Å². The Hall–Kier alpha value is -1.29. The Kier molecular flexibility index (Phi) is 16.3. The van der Waals surface area contributed by atoms with Gasteiger partial charge in [-0.15, -0.1) is 0 Å². The molecule has 0 aromatic heterocycles. The van der Waals surface area contributed by atoms with Crippen LogP contribution in [0.5, 0.6) is 0 Å². The number of nitrogens with zero attached hydrogens (tertiary/aromatic N) is 1. The lowest BCUT2D eigenvalue weighted by Crippen LogP contribution is -2.62. The molecule has 0 bridgehead atoms. The molecule has 0 saturated heterocycles. The lowest BCUT2D eigenvalue weighted by Gasteiger charge is -2.41. The summed E-state index contributed by atoms with van der Waals surface area (Å²) in [7, 11) is 0. The molecule has 0 aromatic rings. The van der Waals surface area contributed by atoms with Gasteiger partial charge in [0.15, 0.2) is 12.3 Å². The number of amides is 1. The van der Waals surface area contributed by atoms with Gasteiger partial charge < -0.3 is 10.6 Å². The van der Waals surface area contributed by atoms with Crippen molar-refractivity contribution in [3.05, 3.63) is 24.6 Å². The normalized spacial score (nSPS) is 21.2. The van der Waals surface area contributed by atoms with Gasteiger partial charge in [-0.3, -0.25) is 9.28 Å². The Labute approximate surface area is 199 Å². The van der Waals surface area contributed by atoms with Crippen molar-refractivity contribution in [1.82, 2.24) is 10.6 Å². The fourth-order valence-electron chi connectivity index (χ4n) is 5.03. The Morgan fingerprint density at radius 2 is 1.44 bits per heavy atom. The third-order valence-corrected chi connectivity index (χ3v) is 7.14. The van der Waals surface area contributed by atoms with Crippen molar-refractivity contribution in [2.24, 2.45) is 0 Å². The first kappa shape index (κ1) is 28.7. The third kappa shape index (κ3) is 11.5. The molecule has 0 spiro atoms. The maximum absolute atomic E-state index is 11.5. The van der Waals surface area contributed by atoms with E-state index in [2.05, 4.69) is 56.0 Å². The number of carbonyl (C=O) groups excluding carboxylic acids is 1. The van der Waals surface area contributed by atoms with Gasteiger partial charge in [-0.25, -0.2) is 0 Å². The number of nitrogens with one attached hydrogen (secondary N) is 2. The van der Waals surface area contributed by atoms with E-state index in [1.807, 2.05) is 0 Å². The molecule has 3 unspecified atom stereocenters. The van der Waals surface area contributed by atoms with Crippen LogP contribution in [0, 0.1) is 0 Å². The maximum Gasteiger partial charge on any atom is 0.221 e. The fraction of sp³-hybridized carbons (Fsp3) is 0.821. The van der Waals surface area contributed by atoms with E-state index in [1.54, 1.807) is 6.92 Å². The summed E-state index contributed by atoms with van der Waals surface area (Å²) in [5.74, 6) is 0.0494. The molecule has 4 nitrogen and oxygen atoms in total. The summed E-state index contributed by atoms with van der Waals surface area (Å²) < 4.78 is 0.807. The van der Waals surface area contributed by atoms with Gasteiger partial charge >= 0.3 is 0 Å². The predicted octanol–water partition coefficient (Wildman–Crippen LogP) is 7.52. The molecular weight excluding hydrogens is 394 g/mol. The monoisotopic (exact) mass is 448 g/mol. The first-order valence-electron chi connectivity index (χ1n) is 13.8. The zero-order valence-electron chi connectivity index (χ0n) is 21.8. The van der Waals surface area contributed by atoms with Crippen LogP contribution in [0.3, 0.4) is 0 Å². The van der Waals surface area contributed by atoms with Crippen molar-refractivity contribution in [1.29, 1.82) is 0 Å². The number of unbranched alkanes of at least 4 members (excludes halogenated alkanes) is 13. The van der Waals surface area contributed by atoms with Crippen molar-refractivity contribution in [3.63, 3.8) is 0 Å². The van der Waals surface area contributed by atoms with E-state index in [9.17, 15) is 4.79 Å². The molecule has 1 amide bonds. The quantitative estimate of drug-likeness (QED) is 0.115. The van der Waals surface area contributed by atoms with Gasteiger partial charge in [0.2, 0.25) is 5.91 Å². The standard InChI is InChI=1S/C28H53N3O/c1-5-7-8-9-10-11-12-13-14-15-16-17-18-19-20-21-22-23-28-29-24-25-31(28,6-2)26(3)30-27(4)32/h16-17,24-26,28-29H,5-15,18-23H2,1-4H3/p+1/b17-16+. The highest BCUT2D eigenvalue weighted by Crippen LogP contribution is 2.26. The number of allylic oxidation sites excluding steroid dienone is 2. The number of rotatable bonds is 20. The van der Waals surface area contributed by atoms with Crippen molar-refractivity contribution in [2.75, 3.05) is 6.54 Å². The SMILES string of the molecule is CCCCCCCCCCC/C=C/CCCCCCC1NC=C[N+]1(CC)C(C)NC(C)=O. The Bertz CT molecular complexity index is 531. The van der Waals surface area contributed by atoms with Crippen molar-refractivity contribution >= 4 is 5.91 Å². The van der Waals surface area contributed by atoms with E-state index in [-0.39, 0.29) is 12.1 Å². The van der Waals surface area contributed by atoms with E-state index in [1.165, 1.54) is 96.3 Å². The zero-order valence-corrected chi connectivity index (χ0v) is 21.8. The molecule has 1 aliphatic rings. The summed E-state index contributed by atoms with van der Waals surface area (Å²) in [6.07, 6.45) is 31.1. The van der Waals surface area contributed by atoms with Crippen molar-refractivity contribution in [3.8, 4) is 0 Å². The topological polar surface area (TPSA) is 41.1 Å². The minimum Gasteiger partial charge on any atom is -0.338 e. The highest BCUT2D eigenvalue weighted by Gasteiger charge is 2.41. The van der Waals surface area contributed by atoms with Crippen LogP contribution in [0.15, 0.2) is 24.6 Å². The molecule has 0 fully saturated rings. The Morgan fingerprint density at radius 3 is 1.97 bits per heavy atom. The molecule has 3 atom stereocenters. The van der Waals surface area contributed by atoms with E-state index in [4.69, 9.17) is 0 Å². The van der Waals surface area contributed by atoms with Gasteiger partial charge in [-0.05, 0) is 39.0 Å². The second kappa shape index (κ2) is 18.2. The minimum absolute atomic E-state index is 0.0494. The van der Waals surface area contributed by atoms with Crippen LogP contribution in [0.2, 0.25) is 0 Å². The van der Waals surface area contributed by atoms with Gasteiger partial charge in [0, 0.05) is 20.3 Å². The average Bonchev–Trinajstić information content (AvgIpc) is 3.19. The van der Waals surface area contributed by atoms with Crippen LogP contribution in [0.1, 0.15) is 130 Å². The second-order valence-electron chi connectivity index (χ2n) is 9.77. The van der Waals surface area contributed by atoms with E-state index < -0.39 is 0 Å². The number of hydrogen-bond acceptors (Lipinski definition) is 2. The van der Waals surface area contributed by atoms with E-state index >= 15 is 0 Å². The minimum atomic E-state index is 0.0494. The Balaban J connectivity index is 2.01. The maximum atomic E-state index is 11.5. The molecule has 1 heterocycles. The van der Waals surface area contributed by atoms with Gasteiger partial charge in [0.05, 0.1) is 12.7 Å². The number of carbonyl (C=O) groups is 1. The summed E-state index contributed by atoms with van der Waals surface area (Å²) in [6.45, 7) is 9.21. The summed E-state index contributed by atoms with van der Waals surface area (Å²) in [4.78, 5) is 11.5. The van der Waals surface area contributed by atoms with Crippen LogP contribution in [0.4, 0.5) is 0 Å². The molecule has 186 valence electrons. The smallest absolute Gasteiger partial charge is 0.221 e. The number of quaternary nitrogens is 1. The van der Waals surface area contributed by atoms with Gasteiger partial charge in [-0.2, -0.15) is 0 Å². The molecule has 0 radical (unpaired) electrons. The van der Waals surface area contributed by atoms with Crippen molar-refractivity contribution in [2.45, 2.75) is 143 Å². The molecule has 1 rings (SSSR count). The summed E-state index contributed by atoms with van der Waals surface area (Å²) in [5.41, 5.74) is 0. The molecule has 4 heteroatoms. The van der Waals surface area contributed by atoms with Crippen LogP contribution in [0.25, 0.3) is 0 Å². The molecule has 32 heavy (non-hydrogen) atoms. The molecule has 1 aliphatic heterocycles. The Morgan fingerprint density at radius 1 is 0.906 bits per heavy atom. The van der Waals surface area contributed by atoms with Gasteiger partial charge in [0.25, 0.3) is 0 Å². The summed E-state index contributed by atoms with van der Waals surface area (Å²) >= 11 is 0. The summed E-state index contributed by atoms with van der Waals surface area (Å²) in [6, 6.07) is 0. The molecule has 2 N–H and O–H groups in total. The van der Waals surface area contributed by atoms with E-state index in [0.717, 1.165) is 17.4 Å². The van der Waals surface area contributed by atoms with Crippen LogP contribution in [-0.2, 0) is 4.79 Å². The largest absolute Gasteiger partial charge is 0.338 e. The van der Waals surface area contributed by atoms with Crippen molar-refractivity contribution < 1.29 is 9.28 Å². The highest BCUT2D eigenvalue weighted by atomic mass is 16.1. The average molecular weight is 449 g/mol. The molecule has 0 saturated carbocycles. The lowest BCUT2D eigenvalue weighted by molar-refractivity contribution is -0.923. The summed E-state index contributed by atoms with van der Waals surface area (Å²) in [5, 5.41) is 6.64. The van der Waals surface area contributed by atoms with Crippen LogP contribution < -0.4 is 10.6 Å². The predicted molar refractivity (Wildman–Crippen MR) is 139 cm³/mol. The molecule has 0 aliphatic carbocycles. The van der Waals surface area contributed by atoms with Crippen LogP contribution >= 0.6 is 0 Å². The number of hydrogen-bond donors (Lipinski definition) is 2. The first-order valence-corrected chi connectivity index (χ1v) is 13.8. The van der Waals surface area contributed by atoms with E-state index in [0.29, 0.717) is 6.17 Å². The molecule has 0 aromatic carbocycles. The van der Waals surface area contributed by atoms with Gasteiger partial charge in [0.1, 0.15) is 6.20 Å². The highest BCUT2D eigenvalue weighted by molar-refractivity contribution is 5.72. The fourth-order valence-corrected chi connectivity index (χ4v) is 5.03. The third-order valence-electron chi connectivity index (χ3n) is 7.14. The first-order chi connectivity index (χ1) is 15.6.